The summed E-state index contributed by atoms with van der Waals surface area (Å²) >= 11 is 0. The molecule has 5 nitrogen and oxygen atoms in total. The molecule has 2 aromatic rings. The van der Waals surface area contributed by atoms with Crippen LogP contribution in [0.5, 0.6) is 0 Å². The second-order valence-corrected chi connectivity index (χ2v) is 8.89. The van der Waals surface area contributed by atoms with Gasteiger partial charge in [-0.2, -0.15) is 18.3 Å². The van der Waals surface area contributed by atoms with Gasteiger partial charge in [0.25, 0.3) is 0 Å². The summed E-state index contributed by atoms with van der Waals surface area (Å²) in [5.41, 5.74) is -0.784. The number of aliphatic hydroxyl groups is 1. The van der Waals surface area contributed by atoms with Crippen LogP contribution in [-0.4, -0.2) is 33.9 Å². The van der Waals surface area contributed by atoms with E-state index in [2.05, 4.69) is 5.10 Å². The highest BCUT2D eigenvalue weighted by molar-refractivity contribution is 5.85. The summed E-state index contributed by atoms with van der Waals surface area (Å²) in [5, 5.41) is 16.1. The lowest BCUT2D eigenvalue weighted by Crippen LogP contribution is -2.35. The predicted octanol–water partition coefficient (Wildman–Crippen LogP) is 5.02. The number of allylic oxidation sites excluding steroid dienone is 3. The van der Waals surface area contributed by atoms with Crippen molar-refractivity contribution >= 4 is 22.9 Å². The highest BCUT2D eigenvalue weighted by Gasteiger charge is 2.40. The Kier molecular flexibility index (Phi) is 5.45. The van der Waals surface area contributed by atoms with Crippen LogP contribution in [0.2, 0.25) is 0 Å². The van der Waals surface area contributed by atoms with Crippen molar-refractivity contribution in [2.75, 3.05) is 11.4 Å². The van der Waals surface area contributed by atoms with Crippen LogP contribution in [0, 0.1) is 5.92 Å². The van der Waals surface area contributed by atoms with Crippen LogP contribution in [0.4, 0.5) is 18.9 Å². The molecule has 1 fully saturated rings. The topological polar surface area (TPSA) is 58.4 Å². The van der Waals surface area contributed by atoms with E-state index in [1.54, 1.807) is 32.1 Å². The molecule has 0 radical (unpaired) electrons. The maximum Gasteiger partial charge on any atom is 0.431 e. The molecule has 8 heteroatoms. The molecule has 4 rings (SSSR count). The number of benzene rings is 1. The first-order valence-corrected chi connectivity index (χ1v) is 10.5. The third-order valence-corrected chi connectivity index (χ3v) is 6.16. The van der Waals surface area contributed by atoms with Crippen LogP contribution in [0.25, 0.3) is 10.9 Å². The van der Waals surface area contributed by atoms with Gasteiger partial charge in [-0.1, -0.05) is 12.2 Å². The Hall–Kier alpha value is -2.61. The Bertz CT molecular complexity index is 1040. The zero-order valence-electron chi connectivity index (χ0n) is 17.6. The Morgan fingerprint density at radius 1 is 1.16 bits per heavy atom. The molecule has 0 atom stereocenters. The first-order valence-electron chi connectivity index (χ1n) is 10.5. The van der Waals surface area contributed by atoms with Crippen LogP contribution in [0.3, 0.4) is 0 Å². The van der Waals surface area contributed by atoms with Crippen molar-refractivity contribution in [3.8, 4) is 0 Å². The molecule has 0 bridgehead atoms. The van der Waals surface area contributed by atoms with Gasteiger partial charge in [-0.25, -0.2) is 0 Å². The predicted molar refractivity (Wildman–Crippen MR) is 113 cm³/mol. The fourth-order valence-electron chi connectivity index (χ4n) is 4.47. The summed E-state index contributed by atoms with van der Waals surface area (Å²) in [4.78, 5) is 12.2. The molecular weight excluding hydrogens is 407 g/mol. The van der Waals surface area contributed by atoms with Crippen molar-refractivity contribution in [1.82, 2.24) is 9.78 Å². The number of alkyl halides is 3. The average molecular weight is 433 g/mol. The SMILES string of the molecule is CC(C)(O)c1cc2nn(C3CCC(C=O)CC3)cc2cc1N1CC=CC=C1C(F)(F)F. The van der Waals surface area contributed by atoms with Crippen LogP contribution in [0.1, 0.15) is 51.1 Å². The summed E-state index contributed by atoms with van der Waals surface area (Å²) < 4.78 is 42.9. The molecule has 0 amide bonds. The summed E-state index contributed by atoms with van der Waals surface area (Å²) in [5.74, 6) is 0.0920. The normalized spacial score (nSPS) is 22.6. The van der Waals surface area contributed by atoms with Crippen LogP contribution in [-0.2, 0) is 10.4 Å². The van der Waals surface area contributed by atoms with Crippen molar-refractivity contribution in [3.05, 3.63) is 47.8 Å². The van der Waals surface area contributed by atoms with E-state index in [0.29, 0.717) is 16.8 Å². The smallest absolute Gasteiger partial charge is 0.386 e. The largest absolute Gasteiger partial charge is 0.431 e. The highest BCUT2D eigenvalue weighted by atomic mass is 19.4. The van der Waals surface area contributed by atoms with Gasteiger partial charge < -0.3 is 14.8 Å². The van der Waals surface area contributed by atoms with E-state index in [1.807, 2.05) is 10.9 Å². The molecule has 1 aromatic carbocycles. The second kappa shape index (κ2) is 7.82. The molecule has 0 saturated heterocycles. The summed E-state index contributed by atoms with van der Waals surface area (Å²) in [7, 11) is 0. The zero-order valence-corrected chi connectivity index (χ0v) is 17.6. The lowest BCUT2D eigenvalue weighted by Gasteiger charge is -2.33. The number of hydrogen-bond acceptors (Lipinski definition) is 4. The van der Waals surface area contributed by atoms with E-state index in [0.717, 1.165) is 43.4 Å². The number of carbonyl (C=O) groups is 1. The van der Waals surface area contributed by atoms with Crippen molar-refractivity contribution < 1.29 is 23.1 Å². The van der Waals surface area contributed by atoms with Gasteiger partial charge in [-0.3, -0.25) is 4.68 Å². The molecular formula is C23H26F3N3O2. The van der Waals surface area contributed by atoms with Crippen LogP contribution < -0.4 is 4.90 Å². The fourth-order valence-corrected chi connectivity index (χ4v) is 4.47. The maximum absolute atomic E-state index is 13.7. The lowest BCUT2D eigenvalue weighted by molar-refractivity contribution is -0.112. The Morgan fingerprint density at radius 3 is 2.48 bits per heavy atom. The molecule has 0 spiro atoms. The number of carbonyl (C=O) groups excluding carboxylic acids is 1. The quantitative estimate of drug-likeness (QED) is 0.689. The third-order valence-electron chi connectivity index (χ3n) is 6.16. The lowest BCUT2D eigenvalue weighted by atomic mass is 9.87. The van der Waals surface area contributed by atoms with E-state index in [-0.39, 0.29) is 18.5 Å². The van der Waals surface area contributed by atoms with E-state index in [9.17, 15) is 23.1 Å². The summed E-state index contributed by atoms with van der Waals surface area (Å²) in [6.07, 6.45) is 5.74. The number of halogens is 3. The monoisotopic (exact) mass is 433 g/mol. The van der Waals surface area contributed by atoms with Gasteiger partial charge in [0.2, 0.25) is 0 Å². The minimum atomic E-state index is -4.52. The Balaban J connectivity index is 1.77. The first-order chi connectivity index (χ1) is 14.6. The van der Waals surface area contributed by atoms with Crippen molar-refractivity contribution in [3.63, 3.8) is 0 Å². The highest BCUT2D eigenvalue weighted by Crippen LogP contribution is 2.41. The van der Waals surface area contributed by atoms with Gasteiger partial charge in [0.05, 0.1) is 17.2 Å². The molecule has 2 heterocycles. The first kappa shape index (κ1) is 21.6. The van der Waals surface area contributed by atoms with E-state index in [1.165, 1.54) is 11.0 Å². The molecule has 1 aromatic heterocycles. The molecule has 31 heavy (non-hydrogen) atoms. The number of aldehydes is 1. The van der Waals surface area contributed by atoms with Gasteiger partial charge in [0.15, 0.2) is 0 Å². The number of fused-ring (bicyclic) bond motifs is 1. The van der Waals surface area contributed by atoms with E-state index >= 15 is 0 Å². The van der Waals surface area contributed by atoms with Gasteiger partial charge in [0.1, 0.15) is 12.0 Å². The van der Waals surface area contributed by atoms with Gasteiger partial charge in [-0.15, -0.1) is 0 Å². The number of hydrogen-bond donors (Lipinski definition) is 1. The second-order valence-electron chi connectivity index (χ2n) is 8.89. The van der Waals surface area contributed by atoms with Crippen molar-refractivity contribution in [2.45, 2.75) is 57.3 Å². The molecule has 0 unspecified atom stereocenters. The molecule has 166 valence electrons. The standard InChI is InChI=1S/C23H26F3N3O2/c1-22(2,31)18-12-19-16(13-29(27-19)17-8-6-15(14-30)7-9-17)11-20(18)28-10-4-3-5-21(28)23(24,25)26/h3-5,11-15,17,31H,6-10H2,1-2H3. The van der Waals surface area contributed by atoms with Gasteiger partial charge >= 0.3 is 6.18 Å². The van der Waals surface area contributed by atoms with E-state index < -0.39 is 17.5 Å². The average Bonchev–Trinajstić information content (AvgIpc) is 3.15. The minimum Gasteiger partial charge on any atom is -0.386 e. The fraction of sp³-hybridized carbons (Fsp3) is 0.478. The number of nitrogens with zero attached hydrogens (tertiary/aromatic N) is 3. The van der Waals surface area contributed by atoms with Crippen LogP contribution >= 0.6 is 0 Å². The zero-order chi connectivity index (χ0) is 22.4. The molecule has 1 saturated carbocycles. The third kappa shape index (κ3) is 4.26. The number of aromatic nitrogens is 2. The molecule has 1 N–H and O–H groups in total. The molecule has 1 aliphatic carbocycles. The van der Waals surface area contributed by atoms with Gasteiger partial charge in [0, 0.05) is 35.3 Å². The molecule has 1 aliphatic heterocycles. The summed E-state index contributed by atoms with van der Waals surface area (Å²) in [6.45, 7) is 3.18. The van der Waals surface area contributed by atoms with Crippen molar-refractivity contribution in [1.29, 1.82) is 0 Å². The van der Waals surface area contributed by atoms with Crippen molar-refractivity contribution in [2.24, 2.45) is 5.92 Å². The van der Waals surface area contributed by atoms with E-state index in [4.69, 9.17) is 0 Å². The van der Waals surface area contributed by atoms with Gasteiger partial charge in [-0.05, 0) is 57.7 Å². The van der Waals surface area contributed by atoms with Crippen LogP contribution in [0.15, 0.2) is 42.3 Å². The Morgan fingerprint density at radius 2 is 1.87 bits per heavy atom. The minimum absolute atomic E-state index is 0.0593. The summed E-state index contributed by atoms with van der Waals surface area (Å²) in [6, 6.07) is 3.52. The number of rotatable bonds is 4. The maximum atomic E-state index is 13.7. The number of anilines is 1. The Labute approximate surface area is 178 Å². The molecule has 2 aliphatic rings.